The summed E-state index contributed by atoms with van der Waals surface area (Å²) < 4.78 is 0. The number of aryl methyl sites for hydroxylation is 1. The fraction of sp³-hybridized carbons (Fsp3) is 0.556. The van der Waals surface area contributed by atoms with Crippen LogP contribution < -0.4 is 5.56 Å². The summed E-state index contributed by atoms with van der Waals surface area (Å²) in [4.78, 5) is 17.9. The van der Waals surface area contributed by atoms with Crippen molar-refractivity contribution >= 4 is 11.8 Å². The van der Waals surface area contributed by atoms with E-state index in [-0.39, 0.29) is 10.8 Å². The Morgan fingerprint density at radius 3 is 2.71 bits per heavy atom. The Labute approximate surface area is 86.8 Å². The van der Waals surface area contributed by atoms with E-state index < -0.39 is 6.10 Å². The molecule has 0 saturated carbocycles. The van der Waals surface area contributed by atoms with Crippen LogP contribution in [0.4, 0.5) is 0 Å². The third-order valence-corrected chi connectivity index (χ3v) is 3.01. The van der Waals surface area contributed by atoms with Crippen LogP contribution in [0.5, 0.6) is 0 Å². The zero-order valence-corrected chi connectivity index (χ0v) is 9.26. The van der Waals surface area contributed by atoms with Gasteiger partial charge in [0.25, 0.3) is 5.56 Å². The molecule has 2 atom stereocenters. The molecule has 2 N–H and O–H groups in total. The average molecular weight is 214 g/mol. The zero-order valence-electron chi connectivity index (χ0n) is 8.44. The van der Waals surface area contributed by atoms with Gasteiger partial charge in [0, 0.05) is 17.0 Å². The minimum absolute atomic E-state index is 0.0138. The molecule has 78 valence electrons. The number of aromatic amines is 1. The molecule has 1 aromatic heterocycles. The Morgan fingerprint density at radius 2 is 2.21 bits per heavy atom. The van der Waals surface area contributed by atoms with Gasteiger partial charge in [-0.1, -0.05) is 18.7 Å². The van der Waals surface area contributed by atoms with Gasteiger partial charge in [0.1, 0.15) is 0 Å². The average Bonchev–Trinajstić information content (AvgIpc) is 2.01. The van der Waals surface area contributed by atoms with E-state index in [1.807, 2.05) is 6.92 Å². The quantitative estimate of drug-likeness (QED) is 0.580. The van der Waals surface area contributed by atoms with Crippen LogP contribution in [0.3, 0.4) is 0 Å². The van der Waals surface area contributed by atoms with Gasteiger partial charge in [-0.2, -0.15) is 0 Å². The van der Waals surface area contributed by atoms with Gasteiger partial charge in [0.15, 0.2) is 5.16 Å². The molecule has 0 aliphatic heterocycles. The highest BCUT2D eigenvalue weighted by atomic mass is 32.2. The van der Waals surface area contributed by atoms with E-state index in [1.54, 1.807) is 13.8 Å². The summed E-state index contributed by atoms with van der Waals surface area (Å²) in [6.07, 6.45) is -0.425. The largest absolute Gasteiger partial charge is 0.392 e. The van der Waals surface area contributed by atoms with Crippen LogP contribution in [0.25, 0.3) is 0 Å². The number of hydrogen-bond donors (Lipinski definition) is 2. The number of thioether (sulfide) groups is 1. The van der Waals surface area contributed by atoms with Crippen LogP contribution >= 0.6 is 11.8 Å². The van der Waals surface area contributed by atoms with Crippen molar-refractivity contribution in [3.05, 3.63) is 22.1 Å². The van der Waals surface area contributed by atoms with Crippen molar-refractivity contribution in [3.8, 4) is 0 Å². The summed E-state index contributed by atoms with van der Waals surface area (Å²) in [5.74, 6) is 0. The van der Waals surface area contributed by atoms with E-state index in [0.29, 0.717) is 10.9 Å². The lowest BCUT2D eigenvalue weighted by atomic mass is 10.3. The van der Waals surface area contributed by atoms with Crippen LogP contribution in [0.15, 0.2) is 16.0 Å². The minimum Gasteiger partial charge on any atom is -0.392 e. The maximum Gasteiger partial charge on any atom is 0.251 e. The summed E-state index contributed by atoms with van der Waals surface area (Å²) >= 11 is 1.36. The molecule has 0 aliphatic carbocycles. The van der Waals surface area contributed by atoms with E-state index >= 15 is 0 Å². The molecule has 0 aromatic carbocycles. The second-order valence-electron chi connectivity index (χ2n) is 3.26. The van der Waals surface area contributed by atoms with Crippen LogP contribution in [0.1, 0.15) is 19.5 Å². The smallest absolute Gasteiger partial charge is 0.251 e. The topological polar surface area (TPSA) is 66.0 Å². The number of hydrogen-bond acceptors (Lipinski definition) is 4. The molecule has 0 spiro atoms. The Morgan fingerprint density at radius 1 is 1.57 bits per heavy atom. The number of rotatable bonds is 3. The van der Waals surface area contributed by atoms with Crippen molar-refractivity contribution in [1.82, 2.24) is 9.97 Å². The van der Waals surface area contributed by atoms with Gasteiger partial charge in [-0.3, -0.25) is 4.79 Å². The summed E-state index contributed by atoms with van der Waals surface area (Å²) in [6.45, 7) is 5.37. The first-order valence-corrected chi connectivity index (χ1v) is 5.29. The molecule has 4 nitrogen and oxygen atoms in total. The molecule has 1 rings (SSSR count). The van der Waals surface area contributed by atoms with E-state index in [4.69, 9.17) is 0 Å². The molecular formula is C9H14N2O2S. The van der Waals surface area contributed by atoms with Gasteiger partial charge in [0.05, 0.1) is 6.10 Å². The zero-order chi connectivity index (χ0) is 10.7. The monoisotopic (exact) mass is 214 g/mol. The molecule has 1 heterocycles. The fourth-order valence-electron chi connectivity index (χ4n) is 0.882. The highest BCUT2D eigenvalue weighted by molar-refractivity contribution is 7.99. The van der Waals surface area contributed by atoms with E-state index in [9.17, 15) is 9.90 Å². The van der Waals surface area contributed by atoms with Crippen LogP contribution in [0, 0.1) is 6.92 Å². The maximum atomic E-state index is 11.1. The number of nitrogens with one attached hydrogen (secondary N) is 1. The second kappa shape index (κ2) is 4.61. The molecule has 0 radical (unpaired) electrons. The SMILES string of the molecule is Cc1cc(=O)[nH]c(SC(C)C(C)O)n1. The lowest BCUT2D eigenvalue weighted by molar-refractivity contribution is 0.196. The summed E-state index contributed by atoms with van der Waals surface area (Å²) in [7, 11) is 0. The van der Waals surface area contributed by atoms with Gasteiger partial charge in [-0.05, 0) is 13.8 Å². The van der Waals surface area contributed by atoms with Crippen molar-refractivity contribution in [2.24, 2.45) is 0 Å². The molecule has 0 saturated heterocycles. The predicted octanol–water partition coefficient (Wildman–Crippen LogP) is 0.940. The molecule has 1 aromatic rings. The lowest BCUT2D eigenvalue weighted by Crippen LogP contribution is -2.17. The number of H-pyrrole nitrogens is 1. The molecule has 0 aliphatic rings. The van der Waals surface area contributed by atoms with E-state index in [0.717, 1.165) is 0 Å². The number of nitrogens with zero attached hydrogens (tertiary/aromatic N) is 1. The normalized spacial score (nSPS) is 15.1. The Bertz CT molecular complexity index is 362. The molecule has 0 bridgehead atoms. The second-order valence-corrected chi connectivity index (χ2v) is 4.62. The van der Waals surface area contributed by atoms with Crippen LogP contribution in [0.2, 0.25) is 0 Å². The summed E-state index contributed by atoms with van der Waals surface area (Å²) in [6, 6.07) is 1.44. The molecule has 0 amide bonds. The van der Waals surface area contributed by atoms with Crippen molar-refractivity contribution in [2.75, 3.05) is 0 Å². The predicted molar refractivity (Wildman–Crippen MR) is 56.6 cm³/mol. The first-order chi connectivity index (χ1) is 6.49. The lowest BCUT2D eigenvalue weighted by Gasteiger charge is -2.12. The molecule has 5 heteroatoms. The Kier molecular flexibility index (Phi) is 3.71. The van der Waals surface area contributed by atoms with Crippen molar-refractivity contribution in [3.63, 3.8) is 0 Å². The van der Waals surface area contributed by atoms with Crippen molar-refractivity contribution < 1.29 is 5.11 Å². The maximum absolute atomic E-state index is 11.1. The van der Waals surface area contributed by atoms with Gasteiger partial charge in [0.2, 0.25) is 0 Å². The number of aliphatic hydroxyl groups excluding tert-OH is 1. The molecule has 14 heavy (non-hydrogen) atoms. The first kappa shape index (κ1) is 11.3. The highest BCUT2D eigenvalue weighted by Crippen LogP contribution is 2.20. The number of aromatic nitrogens is 2. The van der Waals surface area contributed by atoms with Gasteiger partial charge < -0.3 is 10.1 Å². The third-order valence-electron chi connectivity index (χ3n) is 1.82. The van der Waals surface area contributed by atoms with E-state index in [2.05, 4.69) is 9.97 Å². The van der Waals surface area contributed by atoms with Gasteiger partial charge in [-0.25, -0.2) is 4.98 Å². The minimum atomic E-state index is -0.425. The molecule has 0 fully saturated rings. The van der Waals surface area contributed by atoms with Crippen molar-refractivity contribution in [1.29, 1.82) is 0 Å². The molecular weight excluding hydrogens is 200 g/mol. The molecule has 2 unspecified atom stereocenters. The van der Waals surface area contributed by atoms with E-state index in [1.165, 1.54) is 17.8 Å². The number of aliphatic hydroxyl groups is 1. The Balaban J connectivity index is 2.82. The van der Waals surface area contributed by atoms with Crippen molar-refractivity contribution in [2.45, 2.75) is 37.3 Å². The summed E-state index contributed by atoms with van der Waals surface area (Å²) in [5.41, 5.74) is 0.534. The third kappa shape index (κ3) is 3.16. The highest BCUT2D eigenvalue weighted by Gasteiger charge is 2.11. The van der Waals surface area contributed by atoms with Crippen LogP contribution in [-0.4, -0.2) is 26.4 Å². The van der Waals surface area contributed by atoms with Gasteiger partial charge in [-0.15, -0.1) is 0 Å². The fourth-order valence-corrected chi connectivity index (χ4v) is 1.79. The Hall–Kier alpha value is -0.810. The first-order valence-electron chi connectivity index (χ1n) is 4.41. The standard InChI is InChI=1S/C9H14N2O2S/c1-5-4-8(13)11-9(10-5)14-7(3)6(2)12/h4,6-7,12H,1-3H3,(H,10,11,13). The summed E-state index contributed by atoms with van der Waals surface area (Å²) in [5, 5.41) is 9.85. The van der Waals surface area contributed by atoms with Crippen LogP contribution in [-0.2, 0) is 0 Å². The van der Waals surface area contributed by atoms with Gasteiger partial charge >= 0.3 is 0 Å².